The van der Waals surface area contributed by atoms with Gasteiger partial charge in [-0.1, -0.05) is 36.4 Å². The number of carbonyl (C=O) groups excluding carboxylic acids is 1. The summed E-state index contributed by atoms with van der Waals surface area (Å²) in [5.74, 6) is 1.47. The molecule has 0 saturated heterocycles. The first kappa shape index (κ1) is 16.2. The standard InChI is InChI=1S/C21H24N2O2/c24-21(18-7-8-18)23(14-16-4-2-1-3-5-16)15-17-6-9-20-19(12-17)13-22-10-11-25-20/h1-6,9,12,18,22H,7-8,10-11,13-15H2. The molecule has 0 spiro atoms. The zero-order chi connectivity index (χ0) is 17.1. The zero-order valence-corrected chi connectivity index (χ0v) is 14.4. The second-order valence-electron chi connectivity index (χ2n) is 6.92. The number of rotatable bonds is 5. The van der Waals surface area contributed by atoms with Crippen LogP contribution in [-0.4, -0.2) is 24.0 Å². The van der Waals surface area contributed by atoms with E-state index in [0.717, 1.165) is 37.2 Å². The summed E-state index contributed by atoms with van der Waals surface area (Å²) in [6, 6.07) is 16.5. The Morgan fingerprint density at radius 2 is 1.88 bits per heavy atom. The first-order valence-electron chi connectivity index (χ1n) is 9.07. The molecule has 2 aromatic carbocycles. The van der Waals surface area contributed by atoms with Crippen LogP contribution in [0.2, 0.25) is 0 Å². The van der Waals surface area contributed by atoms with E-state index in [2.05, 4.69) is 29.6 Å². The van der Waals surface area contributed by atoms with E-state index in [1.807, 2.05) is 29.2 Å². The predicted molar refractivity (Wildman–Crippen MR) is 97.1 cm³/mol. The summed E-state index contributed by atoms with van der Waals surface area (Å²) in [6.45, 7) is 3.70. The summed E-state index contributed by atoms with van der Waals surface area (Å²) < 4.78 is 5.76. The first-order valence-corrected chi connectivity index (χ1v) is 9.07. The van der Waals surface area contributed by atoms with Gasteiger partial charge in [-0.2, -0.15) is 0 Å². The van der Waals surface area contributed by atoms with Crippen LogP contribution in [0.1, 0.15) is 29.5 Å². The van der Waals surface area contributed by atoms with Gasteiger partial charge >= 0.3 is 0 Å². The van der Waals surface area contributed by atoms with Crippen molar-refractivity contribution in [1.29, 1.82) is 0 Å². The molecular weight excluding hydrogens is 312 g/mol. The zero-order valence-electron chi connectivity index (χ0n) is 14.4. The van der Waals surface area contributed by atoms with Crippen LogP contribution in [0.5, 0.6) is 5.75 Å². The van der Waals surface area contributed by atoms with Crippen LogP contribution < -0.4 is 10.1 Å². The molecule has 0 bridgehead atoms. The fraction of sp³-hybridized carbons (Fsp3) is 0.381. The lowest BCUT2D eigenvalue weighted by molar-refractivity contribution is -0.133. The largest absolute Gasteiger partial charge is 0.492 e. The minimum Gasteiger partial charge on any atom is -0.492 e. The fourth-order valence-electron chi connectivity index (χ4n) is 3.29. The Balaban J connectivity index is 1.53. The van der Waals surface area contributed by atoms with Crippen molar-refractivity contribution < 1.29 is 9.53 Å². The molecule has 1 saturated carbocycles. The third-order valence-electron chi connectivity index (χ3n) is 4.80. The normalized spacial score (nSPS) is 16.5. The Morgan fingerprint density at radius 3 is 2.68 bits per heavy atom. The van der Waals surface area contributed by atoms with Gasteiger partial charge in [-0.25, -0.2) is 0 Å². The SMILES string of the molecule is O=C(C1CC1)N(Cc1ccccc1)Cc1ccc2c(c1)CNCCO2. The molecule has 25 heavy (non-hydrogen) atoms. The van der Waals surface area contributed by atoms with Gasteiger partial charge in [0, 0.05) is 37.7 Å². The van der Waals surface area contributed by atoms with Gasteiger partial charge in [-0.3, -0.25) is 4.79 Å². The Bertz CT molecular complexity index is 741. The van der Waals surface area contributed by atoms with Crippen molar-refractivity contribution in [2.45, 2.75) is 32.5 Å². The number of benzene rings is 2. The van der Waals surface area contributed by atoms with Crippen LogP contribution in [-0.2, 0) is 24.4 Å². The monoisotopic (exact) mass is 336 g/mol. The third kappa shape index (κ3) is 4.02. The van der Waals surface area contributed by atoms with Crippen LogP contribution in [0.15, 0.2) is 48.5 Å². The van der Waals surface area contributed by atoms with Crippen molar-refractivity contribution in [3.8, 4) is 5.75 Å². The summed E-state index contributed by atoms with van der Waals surface area (Å²) in [4.78, 5) is 14.7. The minimum absolute atomic E-state index is 0.231. The topological polar surface area (TPSA) is 41.6 Å². The van der Waals surface area contributed by atoms with E-state index < -0.39 is 0 Å². The highest BCUT2D eigenvalue weighted by Gasteiger charge is 2.33. The van der Waals surface area contributed by atoms with Crippen LogP contribution in [0.3, 0.4) is 0 Å². The maximum atomic E-state index is 12.7. The summed E-state index contributed by atoms with van der Waals surface area (Å²) in [6.07, 6.45) is 2.07. The molecule has 4 heteroatoms. The second-order valence-corrected chi connectivity index (χ2v) is 6.92. The van der Waals surface area contributed by atoms with Crippen molar-refractivity contribution in [2.24, 2.45) is 5.92 Å². The number of nitrogens with one attached hydrogen (secondary N) is 1. The van der Waals surface area contributed by atoms with Crippen molar-refractivity contribution in [1.82, 2.24) is 10.2 Å². The lowest BCUT2D eigenvalue weighted by Crippen LogP contribution is -2.31. The molecule has 1 fully saturated rings. The fourth-order valence-corrected chi connectivity index (χ4v) is 3.29. The van der Waals surface area contributed by atoms with Gasteiger partial charge < -0.3 is 15.0 Å². The van der Waals surface area contributed by atoms with Crippen LogP contribution in [0, 0.1) is 5.92 Å². The molecule has 1 N–H and O–H groups in total. The van der Waals surface area contributed by atoms with Gasteiger partial charge in [0.05, 0.1) is 0 Å². The highest BCUT2D eigenvalue weighted by atomic mass is 16.5. The van der Waals surface area contributed by atoms with Crippen LogP contribution in [0.4, 0.5) is 0 Å². The smallest absolute Gasteiger partial charge is 0.226 e. The summed E-state index contributed by atoms with van der Waals surface area (Å²) >= 11 is 0. The van der Waals surface area contributed by atoms with Gasteiger partial charge in [-0.15, -0.1) is 0 Å². The highest BCUT2D eigenvalue weighted by molar-refractivity contribution is 5.81. The van der Waals surface area contributed by atoms with E-state index in [0.29, 0.717) is 19.7 Å². The molecule has 0 aromatic heterocycles. The van der Waals surface area contributed by atoms with Gasteiger partial charge in [0.25, 0.3) is 0 Å². The second kappa shape index (κ2) is 7.28. The molecule has 4 rings (SSSR count). The number of amides is 1. The molecule has 1 heterocycles. The van der Waals surface area contributed by atoms with Crippen LogP contribution in [0.25, 0.3) is 0 Å². The van der Waals surface area contributed by atoms with Gasteiger partial charge in [0.15, 0.2) is 0 Å². The number of nitrogens with zero attached hydrogens (tertiary/aromatic N) is 1. The molecule has 0 radical (unpaired) electrons. The number of carbonyl (C=O) groups is 1. The lowest BCUT2D eigenvalue weighted by atomic mass is 10.1. The Hall–Kier alpha value is -2.33. The summed E-state index contributed by atoms with van der Waals surface area (Å²) in [7, 11) is 0. The maximum absolute atomic E-state index is 12.7. The van der Waals surface area contributed by atoms with Crippen molar-refractivity contribution in [3.63, 3.8) is 0 Å². The maximum Gasteiger partial charge on any atom is 0.226 e. The molecule has 0 atom stereocenters. The Kier molecular flexibility index (Phi) is 4.70. The number of fused-ring (bicyclic) bond motifs is 1. The van der Waals surface area contributed by atoms with Gasteiger partial charge in [-0.05, 0) is 36.1 Å². The van der Waals surface area contributed by atoms with Crippen molar-refractivity contribution >= 4 is 5.91 Å². The number of hydrogen-bond donors (Lipinski definition) is 1. The van der Waals surface area contributed by atoms with Crippen molar-refractivity contribution in [3.05, 3.63) is 65.2 Å². The molecule has 4 nitrogen and oxygen atoms in total. The highest BCUT2D eigenvalue weighted by Crippen LogP contribution is 2.32. The minimum atomic E-state index is 0.231. The van der Waals surface area contributed by atoms with E-state index in [9.17, 15) is 4.79 Å². The molecule has 2 aromatic rings. The molecule has 130 valence electrons. The van der Waals surface area contributed by atoms with E-state index >= 15 is 0 Å². The molecule has 0 unspecified atom stereocenters. The van der Waals surface area contributed by atoms with E-state index in [4.69, 9.17) is 4.74 Å². The Labute approximate surface area is 148 Å². The predicted octanol–water partition coefficient (Wildman–Crippen LogP) is 3.11. The lowest BCUT2D eigenvalue weighted by Gasteiger charge is -2.23. The van der Waals surface area contributed by atoms with E-state index in [1.165, 1.54) is 11.1 Å². The summed E-state index contributed by atoms with van der Waals surface area (Å²) in [5.41, 5.74) is 3.51. The first-order chi connectivity index (χ1) is 12.3. The molecule has 1 amide bonds. The summed E-state index contributed by atoms with van der Waals surface area (Å²) in [5, 5.41) is 3.37. The molecule has 1 aliphatic carbocycles. The van der Waals surface area contributed by atoms with E-state index in [1.54, 1.807) is 0 Å². The molecular formula is C21H24N2O2. The third-order valence-corrected chi connectivity index (χ3v) is 4.80. The molecule has 2 aliphatic rings. The Morgan fingerprint density at radius 1 is 1.08 bits per heavy atom. The van der Waals surface area contributed by atoms with Gasteiger partial charge in [0.1, 0.15) is 12.4 Å². The quantitative estimate of drug-likeness (QED) is 0.912. The van der Waals surface area contributed by atoms with E-state index in [-0.39, 0.29) is 11.8 Å². The van der Waals surface area contributed by atoms with Gasteiger partial charge in [0.2, 0.25) is 5.91 Å². The average Bonchev–Trinajstić information content (AvgIpc) is 3.48. The molecule has 1 aliphatic heterocycles. The average molecular weight is 336 g/mol. The van der Waals surface area contributed by atoms with Crippen molar-refractivity contribution in [2.75, 3.05) is 13.2 Å². The number of ether oxygens (including phenoxy) is 1. The number of hydrogen-bond acceptors (Lipinski definition) is 3. The van der Waals surface area contributed by atoms with Crippen LogP contribution >= 0.6 is 0 Å².